The van der Waals surface area contributed by atoms with Crippen molar-refractivity contribution in [2.24, 2.45) is 0 Å². The Morgan fingerprint density at radius 1 is 1.00 bits per heavy atom. The molecule has 3 N–H and O–H groups in total. The molecule has 1 heterocycles. The predicted molar refractivity (Wildman–Crippen MR) is 109 cm³/mol. The molecule has 0 fully saturated rings. The van der Waals surface area contributed by atoms with Crippen LogP contribution in [0.2, 0.25) is 0 Å². The van der Waals surface area contributed by atoms with Crippen molar-refractivity contribution in [1.82, 2.24) is 9.97 Å². The number of ketones is 1. The molecule has 3 rings (SSSR count). The van der Waals surface area contributed by atoms with E-state index in [0.29, 0.717) is 25.0 Å². The van der Waals surface area contributed by atoms with E-state index < -0.39 is 11.9 Å². The number of carbonyl (C=O) groups excluding carboxylic acids is 1. The van der Waals surface area contributed by atoms with Crippen LogP contribution in [0.15, 0.2) is 54.9 Å². The van der Waals surface area contributed by atoms with Gasteiger partial charge >= 0.3 is 11.9 Å². The van der Waals surface area contributed by atoms with Crippen LogP contribution >= 0.6 is 0 Å². The second kappa shape index (κ2) is 9.98. The van der Waals surface area contributed by atoms with Crippen molar-refractivity contribution in [3.63, 3.8) is 0 Å². The van der Waals surface area contributed by atoms with Crippen molar-refractivity contribution in [3.05, 3.63) is 77.4 Å². The van der Waals surface area contributed by atoms with Gasteiger partial charge in [0, 0.05) is 29.8 Å². The first-order valence-corrected chi connectivity index (χ1v) is 8.94. The van der Waals surface area contributed by atoms with Gasteiger partial charge in [-0.25, -0.2) is 14.6 Å². The lowest BCUT2D eigenvalue weighted by molar-refractivity contribution is -0.134. The average Bonchev–Trinajstić information content (AvgIpc) is 3.09. The maximum absolute atomic E-state index is 12.6. The van der Waals surface area contributed by atoms with Crippen LogP contribution in [0.3, 0.4) is 0 Å². The lowest BCUT2D eigenvalue weighted by atomic mass is 9.94. The molecule has 0 saturated heterocycles. The summed E-state index contributed by atoms with van der Waals surface area (Å²) in [5.41, 5.74) is 3.90. The molecule has 0 aliphatic carbocycles. The molecule has 0 atom stereocenters. The molecule has 0 saturated carbocycles. The van der Waals surface area contributed by atoms with E-state index in [1.54, 1.807) is 6.33 Å². The first-order chi connectivity index (χ1) is 13.8. The number of aryl methyl sites for hydroxylation is 3. The number of fused-ring (bicyclic) bond motifs is 1. The molecular formula is C22H22N2O5. The first kappa shape index (κ1) is 21.6. The van der Waals surface area contributed by atoms with Crippen LogP contribution in [0.5, 0.6) is 0 Å². The van der Waals surface area contributed by atoms with Gasteiger partial charge in [-0.15, -0.1) is 0 Å². The highest BCUT2D eigenvalue weighted by molar-refractivity contribution is 6.09. The van der Waals surface area contributed by atoms with Gasteiger partial charge < -0.3 is 15.2 Å². The minimum Gasteiger partial charge on any atom is -0.478 e. The summed E-state index contributed by atoms with van der Waals surface area (Å²) >= 11 is 0. The number of carboxylic acid groups (broad SMARTS) is 2. The zero-order valence-electron chi connectivity index (χ0n) is 16.2. The maximum atomic E-state index is 12.6. The van der Waals surface area contributed by atoms with Gasteiger partial charge in [0.25, 0.3) is 0 Å². The Balaban J connectivity index is 0.000000321. The number of aromatic amines is 1. The number of benzene rings is 2. The molecule has 7 heteroatoms. The van der Waals surface area contributed by atoms with Gasteiger partial charge in [0.15, 0.2) is 5.78 Å². The minimum absolute atomic E-state index is 0.187. The van der Waals surface area contributed by atoms with Gasteiger partial charge in [0.05, 0.1) is 12.0 Å². The largest absolute Gasteiger partial charge is 0.478 e. The smallest absolute Gasteiger partial charge is 0.328 e. The van der Waals surface area contributed by atoms with Crippen LogP contribution in [0, 0.1) is 13.8 Å². The third-order valence-electron chi connectivity index (χ3n) is 4.31. The molecule has 0 aliphatic rings. The van der Waals surface area contributed by atoms with E-state index in [-0.39, 0.29) is 5.78 Å². The number of carbonyl (C=O) groups is 3. The van der Waals surface area contributed by atoms with Crippen molar-refractivity contribution in [3.8, 4) is 0 Å². The predicted octanol–water partition coefficient (Wildman–Crippen LogP) is 3.71. The number of hydrogen-bond donors (Lipinski definition) is 3. The van der Waals surface area contributed by atoms with Crippen LogP contribution in [-0.2, 0) is 16.0 Å². The van der Waals surface area contributed by atoms with Crippen LogP contribution in [0.25, 0.3) is 10.8 Å². The number of aromatic nitrogens is 2. The van der Waals surface area contributed by atoms with E-state index in [9.17, 15) is 14.4 Å². The number of H-pyrrole nitrogens is 1. The third kappa shape index (κ3) is 6.14. The zero-order chi connectivity index (χ0) is 21.4. The van der Waals surface area contributed by atoms with Crippen molar-refractivity contribution in [2.75, 3.05) is 0 Å². The van der Waals surface area contributed by atoms with Crippen molar-refractivity contribution >= 4 is 28.5 Å². The standard InChI is InChI=1S/C18H18N2O.C4H4O4/c1-12-7-8-14-5-3-4-6-15(14)18(12)17(21)10-9-16-13(2)19-11-20-16;5-3(6)1-2-4(7)8/h3-8,11H,9-10H2,1-2H3,(H,19,20);1-2H,(H,5,6)(H,7,8)/b;2-1-. The SMILES string of the molecule is Cc1ccc2ccccc2c1C(=O)CCc1nc[nH]c1C.O=C(O)/C=C\C(=O)O. The first-order valence-electron chi connectivity index (χ1n) is 8.94. The van der Waals surface area contributed by atoms with Crippen LogP contribution in [0.1, 0.15) is 33.7 Å². The lowest BCUT2D eigenvalue weighted by Crippen LogP contribution is -2.05. The molecule has 0 amide bonds. The van der Waals surface area contributed by atoms with Gasteiger partial charge in [-0.3, -0.25) is 4.79 Å². The monoisotopic (exact) mass is 394 g/mol. The van der Waals surface area contributed by atoms with Crippen LogP contribution in [-0.4, -0.2) is 37.9 Å². The summed E-state index contributed by atoms with van der Waals surface area (Å²) in [6, 6.07) is 12.1. The number of Topliss-reactive ketones (excluding diaryl/α,β-unsaturated/α-hetero) is 1. The normalized spacial score (nSPS) is 10.6. The summed E-state index contributed by atoms with van der Waals surface area (Å²) in [7, 11) is 0. The molecule has 7 nitrogen and oxygen atoms in total. The van der Waals surface area contributed by atoms with Crippen molar-refractivity contribution in [1.29, 1.82) is 0 Å². The molecule has 0 aliphatic heterocycles. The Hall–Kier alpha value is -3.74. The highest BCUT2D eigenvalue weighted by atomic mass is 16.4. The van der Waals surface area contributed by atoms with Gasteiger partial charge in [-0.05, 0) is 36.6 Å². The van der Waals surface area contributed by atoms with E-state index in [4.69, 9.17) is 10.2 Å². The number of imidazole rings is 1. The van der Waals surface area contributed by atoms with E-state index in [2.05, 4.69) is 16.0 Å². The van der Waals surface area contributed by atoms with Gasteiger partial charge in [0.2, 0.25) is 0 Å². The highest BCUT2D eigenvalue weighted by Crippen LogP contribution is 2.24. The Labute approximate surface area is 167 Å². The highest BCUT2D eigenvalue weighted by Gasteiger charge is 2.14. The fraction of sp³-hybridized carbons (Fsp3) is 0.182. The van der Waals surface area contributed by atoms with E-state index in [0.717, 1.165) is 33.3 Å². The van der Waals surface area contributed by atoms with Crippen molar-refractivity contribution < 1.29 is 24.6 Å². The average molecular weight is 394 g/mol. The minimum atomic E-state index is -1.26. The number of nitrogens with one attached hydrogen (secondary N) is 1. The topological polar surface area (TPSA) is 120 Å². The number of nitrogens with zero attached hydrogens (tertiary/aromatic N) is 1. The summed E-state index contributed by atoms with van der Waals surface area (Å²) in [5.74, 6) is -2.33. The van der Waals surface area contributed by atoms with Gasteiger partial charge in [-0.2, -0.15) is 0 Å². The molecule has 0 radical (unpaired) electrons. The molecular weight excluding hydrogens is 372 g/mol. The van der Waals surface area contributed by atoms with Gasteiger partial charge in [0.1, 0.15) is 0 Å². The Bertz CT molecular complexity index is 1050. The molecule has 0 spiro atoms. The zero-order valence-corrected chi connectivity index (χ0v) is 16.2. The van der Waals surface area contributed by atoms with Crippen LogP contribution < -0.4 is 0 Å². The summed E-state index contributed by atoms with van der Waals surface area (Å²) in [6.07, 6.45) is 3.96. The second-order valence-electron chi connectivity index (χ2n) is 6.39. The number of hydrogen-bond acceptors (Lipinski definition) is 4. The summed E-state index contributed by atoms with van der Waals surface area (Å²) in [6.45, 7) is 3.98. The quantitative estimate of drug-likeness (QED) is 0.433. The number of aliphatic carboxylic acids is 2. The van der Waals surface area contributed by atoms with E-state index >= 15 is 0 Å². The molecule has 0 unspecified atom stereocenters. The number of carboxylic acids is 2. The molecule has 29 heavy (non-hydrogen) atoms. The summed E-state index contributed by atoms with van der Waals surface area (Å²) < 4.78 is 0. The molecule has 1 aromatic heterocycles. The second-order valence-corrected chi connectivity index (χ2v) is 6.39. The Morgan fingerprint density at radius 3 is 2.24 bits per heavy atom. The molecule has 2 aromatic carbocycles. The Kier molecular flexibility index (Phi) is 7.42. The lowest BCUT2D eigenvalue weighted by Gasteiger charge is -2.09. The fourth-order valence-electron chi connectivity index (χ4n) is 2.89. The molecule has 150 valence electrons. The summed E-state index contributed by atoms with van der Waals surface area (Å²) in [4.78, 5) is 39.1. The summed E-state index contributed by atoms with van der Waals surface area (Å²) in [5, 5.41) is 17.8. The van der Waals surface area contributed by atoms with Crippen molar-refractivity contribution in [2.45, 2.75) is 26.7 Å². The third-order valence-corrected chi connectivity index (χ3v) is 4.31. The van der Waals surface area contributed by atoms with E-state index in [1.807, 2.05) is 44.2 Å². The number of rotatable bonds is 6. The van der Waals surface area contributed by atoms with Gasteiger partial charge in [-0.1, -0.05) is 36.4 Å². The van der Waals surface area contributed by atoms with Crippen LogP contribution in [0.4, 0.5) is 0 Å². The fourth-order valence-corrected chi connectivity index (χ4v) is 2.89. The maximum Gasteiger partial charge on any atom is 0.328 e. The Morgan fingerprint density at radius 2 is 1.66 bits per heavy atom. The molecule has 3 aromatic rings. The molecule has 0 bridgehead atoms. The van der Waals surface area contributed by atoms with E-state index in [1.165, 1.54) is 0 Å².